The van der Waals surface area contributed by atoms with Gasteiger partial charge in [0.1, 0.15) is 0 Å². The number of nitrogens with zero attached hydrogens (tertiary/aromatic N) is 1. The summed E-state index contributed by atoms with van der Waals surface area (Å²) in [5.41, 5.74) is 1.19. The van der Waals surface area contributed by atoms with Gasteiger partial charge in [0.2, 0.25) is 5.91 Å². The molecule has 90 valence electrons. The lowest BCUT2D eigenvalue weighted by molar-refractivity contribution is -0.119. The van der Waals surface area contributed by atoms with Crippen molar-refractivity contribution in [2.24, 2.45) is 0 Å². The van der Waals surface area contributed by atoms with Gasteiger partial charge >= 0.3 is 6.03 Å². The normalized spacial score (nSPS) is 19.1. The Morgan fingerprint density at radius 3 is 2.59 bits per heavy atom. The molecular formula is C13H16N2O2. The van der Waals surface area contributed by atoms with Gasteiger partial charge in [0.25, 0.3) is 0 Å². The first-order valence-electron chi connectivity index (χ1n) is 5.61. The van der Waals surface area contributed by atoms with Gasteiger partial charge in [-0.3, -0.25) is 4.79 Å². The smallest absolute Gasteiger partial charge is 0.329 e. The molecule has 3 amide bonds. The highest BCUT2D eigenvalue weighted by molar-refractivity contribution is 6.16. The van der Waals surface area contributed by atoms with Crippen molar-refractivity contribution < 1.29 is 9.59 Å². The first-order valence-corrected chi connectivity index (χ1v) is 5.61. The fourth-order valence-corrected chi connectivity index (χ4v) is 1.99. The Labute approximate surface area is 101 Å². The van der Waals surface area contributed by atoms with Crippen molar-refractivity contribution in [3.05, 3.63) is 29.8 Å². The molecule has 4 heteroatoms. The molecule has 1 aromatic rings. The zero-order valence-electron chi connectivity index (χ0n) is 10.3. The minimum Gasteiger partial charge on any atom is -0.332 e. The second-order valence-electron chi connectivity index (χ2n) is 5.06. The summed E-state index contributed by atoms with van der Waals surface area (Å²) in [7, 11) is 0. The van der Waals surface area contributed by atoms with E-state index < -0.39 is 5.54 Å². The fraction of sp³-hybridized carbons (Fsp3) is 0.385. The van der Waals surface area contributed by atoms with Gasteiger partial charge in [-0.1, -0.05) is 12.1 Å². The van der Waals surface area contributed by atoms with E-state index >= 15 is 0 Å². The van der Waals surface area contributed by atoms with Crippen LogP contribution in [0.1, 0.15) is 25.8 Å². The molecule has 2 rings (SSSR count). The van der Waals surface area contributed by atoms with Gasteiger partial charge in [0, 0.05) is 5.54 Å². The van der Waals surface area contributed by atoms with Crippen molar-refractivity contribution >= 4 is 17.6 Å². The summed E-state index contributed by atoms with van der Waals surface area (Å²) in [6, 6.07) is 7.01. The van der Waals surface area contributed by atoms with Crippen LogP contribution < -0.4 is 10.2 Å². The molecule has 1 aliphatic heterocycles. The van der Waals surface area contributed by atoms with Crippen LogP contribution in [0, 0.1) is 6.92 Å². The van der Waals surface area contributed by atoms with Crippen LogP contribution in [-0.4, -0.2) is 17.5 Å². The number of benzene rings is 1. The van der Waals surface area contributed by atoms with E-state index in [4.69, 9.17) is 0 Å². The Hall–Kier alpha value is -1.84. The third-order valence-electron chi connectivity index (χ3n) is 2.75. The Morgan fingerprint density at radius 1 is 1.29 bits per heavy atom. The molecule has 0 spiro atoms. The third kappa shape index (κ3) is 2.30. The van der Waals surface area contributed by atoms with Gasteiger partial charge in [-0.05, 0) is 38.5 Å². The van der Waals surface area contributed by atoms with Crippen molar-refractivity contribution in [3.8, 4) is 0 Å². The van der Waals surface area contributed by atoms with Gasteiger partial charge < -0.3 is 5.32 Å². The molecular weight excluding hydrogens is 216 g/mol. The molecule has 1 aromatic carbocycles. The zero-order valence-corrected chi connectivity index (χ0v) is 10.3. The number of aryl methyl sites for hydroxylation is 1. The van der Waals surface area contributed by atoms with Crippen LogP contribution in [0.15, 0.2) is 24.3 Å². The summed E-state index contributed by atoms with van der Waals surface area (Å²) in [5, 5.41) is 2.82. The molecule has 0 radical (unpaired) electrons. The monoisotopic (exact) mass is 232 g/mol. The highest BCUT2D eigenvalue weighted by Gasteiger charge is 2.37. The predicted octanol–water partition coefficient (Wildman–Crippen LogP) is 2.22. The molecule has 0 aliphatic carbocycles. The van der Waals surface area contributed by atoms with Crippen LogP contribution in [0.3, 0.4) is 0 Å². The minimum absolute atomic E-state index is 0.163. The van der Waals surface area contributed by atoms with Crippen LogP contribution in [0.25, 0.3) is 0 Å². The number of imide groups is 1. The Balaban J connectivity index is 2.34. The van der Waals surface area contributed by atoms with E-state index in [1.165, 1.54) is 4.90 Å². The van der Waals surface area contributed by atoms with Crippen molar-refractivity contribution in [3.63, 3.8) is 0 Å². The summed E-state index contributed by atoms with van der Waals surface area (Å²) >= 11 is 0. The van der Waals surface area contributed by atoms with E-state index in [9.17, 15) is 9.59 Å². The van der Waals surface area contributed by atoms with Crippen molar-refractivity contribution in [2.45, 2.75) is 32.7 Å². The number of anilines is 1. The van der Waals surface area contributed by atoms with Gasteiger partial charge in [-0.15, -0.1) is 0 Å². The number of rotatable bonds is 1. The quantitative estimate of drug-likeness (QED) is 0.807. The van der Waals surface area contributed by atoms with Gasteiger partial charge in [0.05, 0.1) is 12.1 Å². The number of carbonyl (C=O) groups is 2. The molecule has 1 heterocycles. The van der Waals surface area contributed by atoms with E-state index in [1.54, 1.807) is 6.07 Å². The standard InChI is InChI=1S/C13H16N2O2/c1-9-5-4-6-10(7-9)15-11(16)8-13(2,3)14-12(15)17/h4-7H,8H2,1-3H3,(H,14,17). The van der Waals surface area contributed by atoms with Crippen molar-refractivity contribution in [2.75, 3.05) is 4.90 Å². The molecule has 4 nitrogen and oxygen atoms in total. The summed E-state index contributed by atoms with van der Waals surface area (Å²) in [6.07, 6.45) is 0.312. The number of hydrogen-bond donors (Lipinski definition) is 1. The van der Waals surface area contributed by atoms with Crippen molar-refractivity contribution in [1.29, 1.82) is 0 Å². The van der Waals surface area contributed by atoms with Crippen molar-refractivity contribution in [1.82, 2.24) is 5.32 Å². The molecule has 1 saturated heterocycles. The zero-order chi connectivity index (χ0) is 12.6. The summed E-state index contributed by atoms with van der Waals surface area (Å²) < 4.78 is 0. The SMILES string of the molecule is Cc1cccc(N2C(=O)CC(C)(C)NC2=O)c1. The topological polar surface area (TPSA) is 49.4 Å². The molecule has 1 fully saturated rings. The second-order valence-corrected chi connectivity index (χ2v) is 5.06. The fourth-order valence-electron chi connectivity index (χ4n) is 1.99. The van der Waals surface area contributed by atoms with E-state index in [0.717, 1.165) is 5.56 Å². The highest BCUT2D eigenvalue weighted by Crippen LogP contribution is 2.24. The van der Waals surface area contributed by atoms with E-state index in [0.29, 0.717) is 12.1 Å². The van der Waals surface area contributed by atoms with Gasteiger partial charge in [-0.2, -0.15) is 0 Å². The second kappa shape index (κ2) is 3.87. The number of urea groups is 1. The maximum absolute atomic E-state index is 12.0. The van der Waals surface area contributed by atoms with Gasteiger partial charge in [-0.25, -0.2) is 9.69 Å². The lowest BCUT2D eigenvalue weighted by atomic mass is 9.97. The largest absolute Gasteiger partial charge is 0.332 e. The first-order chi connectivity index (χ1) is 7.89. The molecule has 1 N–H and O–H groups in total. The highest BCUT2D eigenvalue weighted by atomic mass is 16.2. The molecule has 0 aromatic heterocycles. The maximum atomic E-state index is 12.0. The number of carbonyl (C=O) groups excluding carboxylic acids is 2. The maximum Gasteiger partial charge on any atom is 0.329 e. The predicted molar refractivity (Wildman–Crippen MR) is 65.9 cm³/mol. The van der Waals surface area contributed by atoms with E-state index in [1.807, 2.05) is 39.0 Å². The summed E-state index contributed by atoms with van der Waals surface area (Å²) in [6.45, 7) is 5.62. The van der Waals surface area contributed by atoms with Crippen LogP contribution in [0.2, 0.25) is 0 Å². The third-order valence-corrected chi connectivity index (χ3v) is 2.75. The lowest BCUT2D eigenvalue weighted by Gasteiger charge is -2.36. The number of hydrogen-bond acceptors (Lipinski definition) is 2. The van der Waals surface area contributed by atoms with Crippen LogP contribution >= 0.6 is 0 Å². The summed E-state index contributed by atoms with van der Waals surface area (Å²) in [4.78, 5) is 25.1. The number of amides is 3. The minimum atomic E-state index is -0.464. The molecule has 0 unspecified atom stereocenters. The molecule has 0 bridgehead atoms. The Kier molecular flexibility index (Phi) is 2.65. The van der Waals surface area contributed by atoms with Crippen LogP contribution in [-0.2, 0) is 4.79 Å². The van der Waals surface area contributed by atoms with E-state index in [-0.39, 0.29) is 11.9 Å². The lowest BCUT2D eigenvalue weighted by Crippen LogP contribution is -2.59. The van der Waals surface area contributed by atoms with Crippen LogP contribution in [0.5, 0.6) is 0 Å². The van der Waals surface area contributed by atoms with E-state index in [2.05, 4.69) is 5.32 Å². The van der Waals surface area contributed by atoms with Gasteiger partial charge in [0.15, 0.2) is 0 Å². The Morgan fingerprint density at radius 2 is 2.00 bits per heavy atom. The summed E-state index contributed by atoms with van der Waals surface area (Å²) in [5.74, 6) is -0.163. The average Bonchev–Trinajstić information content (AvgIpc) is 2.13. The molecule has 0 saturated carbocycles. The average molecular weight is 232 g/mol. The molecule has 1 aliphatic rings. The Bertz CT molecular complexity index is 460. The first kappa shape index (κ1) is 11.6. The molecule has 17 heavy (non-hydrogen) atoms. The number of nitrogens with one attached hydrogen (secondary N) is 1. The molecule has 0 atom stereocenters. The van der Waals surface area contributed by atoms with Crippen LogP contribution in [0.4, 0.5) is 10.5 Å².